The smallest absolute Gasteiger partial charge is 0.325 e. The minimum atomic E-state index is -0.747. The summed E-state index contributed by atoms with van der Waals surface area (Å²) in [6.45, 7) is 4.05. The second-order valence-corrected chi connectivity index (χ2v) is 8.30. The lowest BCUT2D eigenvalue weighted by molar-refractivity contribution is -0.139. The summed E-state index contributed by atoms with van der Waals surface area (Å²) in [7, 11) is 0. The summed E-state index contributed by atoms with van der Waals surface area (Å²) < 4.78 is 5.77. The van der Waals surface area contributed by atoms with Crippen LogP contribution in [0.2, 0.25) is 0 Å². The number of nitrogens with zero attached hydrogens (tertiary/aromatic N) is 1. The zero-order chi connectivity index (χ0) is 20.3. The molecule has 0 aromatic carbocycles. The number of carbonyl (C=O) groups is 2. The van der Waals surface area contributed by atoms with Crippen LogP contribution in [0.1, 0.15) is 57.9 Å². The molecule has 0 bridgehead atoms. The molecule has 0 spiro atoms. The van der Waals surface area contributed by atoms with Gasteiger partial charge in [-0.1, -0.05) is 19.3 Å². The minimum Gasteiger partial charge on any atom is -0.481 e. The summed E-state index contributed by atoms with van der Waals surface area (Å²) in [4.78, 5) is 54.8. The first-order valence-electron chi connectivity index (χ1n) is 9.77. The Balaban J connectivity index is 1.86. The maximum atomic E-state index is 13.2. The van der Waals surface area contributed by atoms with E-state index in [2.05, 4.69) is 9.97 Å². The highest BCUT2D eigenvalue weighted by atomic mass is 16.5. The van der Waals surface area contributed by atoms with E-state index < -0.39 is 22.8 Å². The van der Waals surface area contributed by atoms with Crippen molar-refractivity contribution in [2.75, 3.05) is 6.54 Å². The van der Waals surface area contributed by atoms with Crippen LogP contribution in [0.25, 0.3) is 0 Å². The van der Waals surface area contributed by atoms with Crippen LogP contribution >= 0.6 is 0 Å². The van der Waals surface area contributed by atoms with Crippen molar-refractivity contribution in [3.63, 3.8) is 0 Å². The van der Waals surface area contributed by atoms with Crippen LogP contribution in [-0.2, 0) is 20.9 Å². The first-order chi connectivity index (χ1) is 13.2. The summed E-state index contributed by atoms with van der Waals surface area (Å²) in [6, 6.07) is 0. The van der Waals surface area contributed by atoms with Gasteiger partial charge in [-0.05, 0) is 32.6 Å². The average Bonchev–Trinajstić information content (AvgIpc) is 2.62. The number of hydrogen-bond acceptors (Lipinski definition) is 5. The van der Waals surface area contributed by atoms with Crippen LogP contribution in [0.4, 0.5) is 0 Å². The lowest BCUT2D eigenvalue weighted by Gasteiger charge is -2.34. The van der Waals surface area contributed by atoms with Gasteiger partial charge in [0.15, 0.2) is 11.5 Å². The molecule has 1 aliphatic heterocycles. The maximum Gasteiger partial charge on any atom is 0.325 e. The van der Waals surface area contributed by atoms with Crippen molar-refractivity contribution >= 4 is 11.7 Å². The van der Waals surface area contributed by atoms with Gasteiger partial charge < -0.3 is 14.6 Å². The summed E-state index contributed by atoms with van der Waals surface area (Å²) in [5.41, 5.74) is -1.58. The number of allylic oxidation sites excluding steroid dienone is 1. The molecule has 0 saturated heterocycles. The molecule has 2 heterocycles. The van der Waals surface area contributed by atoms with Crippen LogP contribution in [-0.4, -0.2) is 38.7 Å². The number of hydrogen-bond donors (Lipinski definition) is 2. The molecule has 8 heteroatoms. The molecular weight excluding hydrogens is 362 g/mol. The Bertz CT molecular complexity index is 890. The number of H-pyrrole nitrogens is 2. The topological polar surface area (TPSA) is 112 Å². The fourth-order valence-electron chi connectivity index (χ4n) is 3.90. The Morgan fingerprint density at radius 2 is 1.93 bits per heavy atom. The molecule has 28 heavy (non-hydrogen) atoms. The molecule has 152 valence electrons. The number of ether oxygens (including phenoxy) is 1. The van der Waals surface area contributed by atoms with E-state index in [9.17, 15) is 19.2 Å². The molecule has 1 aromatic rings. The molecular formula is C20H27N3O5. The van der Waals surface area contributed by atoms with E-state index in [1.165, 1.54) is 18.7 Å². The van der Waals surface area contributed by atoms with Crippen molar-refractivity contribution in [2.45, 2.75) is 64.5 Å². The number of amides is 1. The molecule has 1 fully saturated rings. The van der Waals surface area contributed by atoms with E-state index in [-0.39, 0.29) is 30.1 Å². The largest absolute Gasteiger partial charge is 0.481 e. The lowest BCUT2D eigenvalue weighted by Crippen LogP contribution is -2.42. The normalized spacial score (nSPS) is 19.6. The zero-order valence-electron chi connectivity index (χ0n) is 16.4. The van der Waals surface area contributed by atoms with Gasteiger partial charge in [0, 0.05) is 25.2 Å². The van der Waals surface area contributed by atoms with Crippen molar-refractivity contribution in [3.8, 4) is 0 Å². The zero-order valence-corrected chi connectivity index (χ0v) is 16.4. The minimum absolute atomic E-state index is 0.0120. The van der Waals surface area contributed by atoms with Crippen LogP contribution in [0.3, 0.4) is 0 Å². The van der Waals surface area contributed by atoms with Crippen LogP contribution in [0, 0.1) is 5.92 Å². The number of nitrogens with one attached hydrogen (secondary N) is 2. The van der Waals surface area contributed by atoms with Gasteiger partial charge in [0.25, 0.3) is 11.5 Å². The Morgan fingerprint density at radius 3 is 2.57 bits per heavy atom. The molecule has 1 saturated carbocycles. The third-order valence-corrected chi connectivity index (χ3v) is 5.24. The highest BCUT2D eigenvalue weighted by molar-refractivity contribution is 6.01. The van der Waals surface area contributed by atoms with Crippen LogP contribution in [0.5, 0.6) is 0 Å². The number of aromatic amines is 2. The molecule has 1 amide bonds. The van der Waals surface area contributed by atoms with E-state index in [0.717, 1.165) is 25.7 Å². The van der Waals surface area contributed by atoms with E-state index in [0.29, 0.717) is 12.5 Å². The molecule has 0 radical (unpaired) electrons. The third kappa shape index (κ3) is 4.99. The first kappa shape index (κ1) is 20.1. The molecule has 1 aromatic heterocycles. The number of rotatable bonds is 5. The second kappa shape index (κ2) is 8.16. The van der Waals surface area contributed by atoms with Gasteiger partial charge in [0.05, 0.1) is 12.1 Å². The number of carbonyl (C=O) groups excluding carboxylic acids is 2. The van der Waals surface area contributed by atoms with Crippen molar-refractivity contribution < 1.29 is 14.3 Å². The molecule has 2 N–H and O–H groups in total. The van der Waals surface area contributed by atoms with E-state index in [4.69, 9.17) is 4.74 Å². The van der Waals surface area contributed by atoms with Crippen LogP contribution in [0.15, 0.2) is 27.6 Å². The molecule has 0 atom stereocenters. The molecule has 0 unspecified atom stereocenters. The molecule has 3 rings (SSSR count). The predicted octanol–water partition coefficient (Wildman–Crippen LogP) is 1.62. The Labute approximate surface area is 163 Å². The lowest BCUT2D eigenvalue weighted by atomic mass is 9.88. The quantitative estimate of drug-likeness (QED) is 0.795. The van der Waals surface area contributed by atoms with Crippen molar-refractivity contribution in [2.24, 2.45) is 5.92 Å². The monoisotopic (exact) mass is 389 g/mol. The first-order valence-corrected chi connectivity index (χ1v) is 9.77. The fraction of sp³-hybridized carbons (Fsp3) is 0.600. The third-order valence-electron chi connectivity index (χ3n) is 5.24. The molecule has 2 aliphatic rings. The molecule has 1 aliphatic carbocycles. The van der Waals surface area contributed by atoms with Crippen LogP contribution < -0.4 is 11.2 Å². The van der Waals surface area contributed by atoms with Gasteiger partial charge >= 0.3 is 5.69 Å². The van der Waals surface area contributed by atoms with Gasteiger partial charge in [-0.15, -0.1) is 0 Å². The van der Waals surface area contributed by atoms with Gasteiger partial charge in [-0.2, -0.15) is 0 Å². The summed E-state index contributed by atoms with van der Waals surface area (Å²) in [5.74, 6) is -0.207. The van der Waals surface area contributed by atoms with E-state index in [1.54, 1.807) is 18.7 Å². The summed E-state index contributed by atoms with van der Waals surface area (Å²) in [5, 5.41) is 0. The number of aromatic nitrogens is 2. The Morgan fingerprint density at radius 1 is 1.21 bits per heavy atom. The van der Waals surface area contributed by atoms with Gasteiger partial charge in [0.2, 0.25) is 0 Å². The summed E-state index contributed by atoms with van der Waals surface area (Å²) >= 11 is 0. The van der Waals surface area contributed by atoms with Crippen molar-refractivity contribution in [3.05, 3.63) is 44.4 Å². The summed E-state index contributed by atoms with van der Waals surface area (Å²) in [6.07, 6.45) is 8.28. The van der Waals surface area contributed by atoms with Gasteiger partial charge in [-0.3, -0.25) is 19.4 Å². The molecule has 8 nitrogen and oxygen atoms in total. The predicted molar refractivity (Wildman–Crippen MR) is 103 cm³/mol. The SMILES string of the molecule is CC1(C)CC(=O)C=C(C(=O)N(Cc2c[nH]c(=O)[nH]c2=O)CC2CCCCC2)O1. The van der Waals surface area contributed by atoms with E-state index in [1.807, 2.05) is 0 Å². The average molecular weight is 389 g/mol. The van der Waals surface area contributed by atoms with Gasteiger partial charge in [-0.25, -0.2) is 4.79 Å². The second-order valence-electron chi connectivity index (χ2n) is 8.30. The number of ketones is 1. The van der Waals surface area contributed by atoms with Crippen molar-refractivity contribution in [1.29, 1.82) is 0 Å². The Hall–Kier alpha value is -2.64. The van der Waals surface area contributed by atoms with Crippen molar-refractivity contribution in [1.82, 2.24) is 14.9 Å². The van der Waals surface area contributed by atoms with Gasteiger partial charge in [0.1, 0.15) is 5.60 Å². The fourth-order valence-corrected chi connectivity index (χ4v) is 3.90. The van der Waals surface area contributed by atoms with E-state index >= 15 is 0 Å². The Kier molecular flexibility index (Phi) is 5.86. The highest BCUT2D eigenvalue weighted by Gasteiger charge is 2.34. The highest BCUT2D eigenvalue weighted by Crippen LogP contribution is 2.28. The standard InChI is InChI=1S/C20H27N3O5/c1-20(2)9-15(24)8-16(28-20)18(26)23(11-13-6-4-3-5-7-13)12-14-10-21-19(27)22-17(14)25/h8,10,13H,3-7,9,11-12H2,1-2H3,(H2,21,22,25,27). The maximum absolute atomic E-state index is 13.2.